The average molecular weight is 295 g/mol. The van der Waals surface area contributed by atoms with Crippen LogP contribution in [0.2, 0.25) is 0 Å². The van der Waals surface area contributed by atoms with E-state index in [1.807, 2.05) is 0 Å². The third-order valence-corrected chi connectivity index (χ3v) is 2.83. The van der Waals surface area contributed by atoms with Crippen LogP contribution in [0, 0.1) is 0 Å². The minimum Gasteiger partial charge on any atom is -0.467 e. The number of benzene rings is 1. The molecule has 21 heavy (non-hydrogen) atoms. The van der Waals surface area contributed by atoms with Crippen molar-refractivity contribution in [2.45, 2.75) is 26.0 Å². The summed E-state index contributed by atoms with van der Waals surface area (Å²) in [5.41, 5.74) is 0.879. The molecule has 0 radical (unpaired) electrons. The van der Waals surface area contributed by atoms with E-state index < -0.39 is 6.61 Å². The number of carbonyl (C=O) groups excluding carboxylic acids is 1. The number of halogens is 2. The second-order valence-corrected chi connectivity index (χ2v) is 4.38. The molecule has 0 atom stereocenters. The Kier molecular flexibility index (Phi) is 5.31. The van der Waals surface area contributed by atoms with Crippen molar-refractivity contribution in [1.82, 2.24) is 5.32 Å². The molecule has 6 heteroatoms. The van der Waals surface area contributed by atoms with Crippen LogP contribution >= 0.6 is 0 Å². The van der Waals surface area contributed by atoms with Gasteiger partial charge in [-0.3, -0.25) is 4.79 Å². The first-order valence-electron chi connectivity index (χ1n) is 6.46. The zero-order valence-electron chi connectivity index (χ0n) is 11.2. The number of carbonyl (C=O) groups is 1. The number of rotatable bonds is 7. The van der Waals surface area contributed by atoms with E-state index in [0.717, 1.165) is 5.56 Å². The smallest absolute Gasteiger partial charge is 0.387 e. The summed E-state index contributed by atoms with van der Waals surface area (Å²) in [5, 5.41) is 2.74. The van der Waals surface area contributed by atoms with Gasteiger partial charge in [-0.1, -0.05) is 12.1 Å². The SMILES string of the molecule is O=C(CCc1ccc(OC(F)F)cc1)NCc1ccco1. The molecule has 0 saturated heterocycles. The van der Waals surface area contributed by atoms with Crippen LogP contribution in [0.1, 0.15) is 17.7 Å². The molecule has 112 valence electrons. The van der Waals surface area contributed by atoms with E-state index in [-0.39, 0.29) is 11.7 Å². The summed E-state index contributed by atoms with van der Waals surface area (Å²) in [6.45, 7) is -2.48. The molecule has 0 bridgehead atoms. The van der Waals surface area contributed by atoms with Crippen molar-refractivity contribution in [2.75, 3.05) is 0 Å². The maximum Gasteiger partial charge on any atom is 0.387 e. The zero-order valence-corrected chi connectivity index (χ0v) is 11.2. The van der Waals surface area contributed by atoms with Crippen molar-refractivity contribution in [1.29, 1.82) is 0 Å². The summed E-state index contributed by atoms with van der Waals surface area (Å²) in [4.78, 5) is 11.6. The Morgan fingerprint density at radius 1 is 1.24 bits per heavy atom. The molecule has 1 heterocycles. The molecule has 0 unspecified atom stereocenters. The van der Waals surface area contributed by atoms with E-state index in [1.165, 1.54) is 12.1 Å². The van der Waals surface area contributed by atoms with Crippen LogP contribution in [0.25, 0.3) is 0 Å². The van der Waals surface area contributed by atoms with Crippen LogP contribution in [-0.4, -0.2) is 12.5 Å². The topological polar surface area (TPSA) is 51.5 Å². The lowest BCUT2D eigenvalue weighted by atomic mass is 10.1. The molecule has 1 aromatic heterocycles. The molecule has 0 fully saturated rings. The first-order chi connectivity index (χ1) is 10.1. The predicted octanol–water partition coefficient (Wildman–Crippen LogP) is 3.13. The second-order valence-electron chi connectivity index (χ2n) is 4.38. The van der Waals surface area contributed by atoms with Gasteiger partial charge in [0.2, 0.25) is 5.91 Å². The molecule has 1 N–H and O–H groups in total. The number of hydrogen-bond acceptors (Lipinski definition) is 3. The Labute approximate surface area is 120 Å². The lowest BCUT2D eigenvalue weighted by Gasteiger charge is -2.06. The molecule has 1 amide bonds. The summed E-state index contributed by atoms with van der Waals surface area (Å²) in [6.07, 6.45) is 2.39. The Balaban J connectivity index is 1.73. The van der Waals surface area contributed by atoms with Crippen molar-refractivity contribution in [3.63, 3.8) is 0 Å². The van der Waals surface area contributed by atoms with Gasteiger partial charge in [0, 0.05) is 6.42 Å². The van der Waals surface area contributed by atoms with Gasteiger partial charge in [-0.15, -0.1) is 0 Å². The van der Waals surface area contributed by atoms with E-state index in [9.17, 15) is 13.6 Å². The molecule has 2 rings (SSSR count). The van der Waals surface area contributed by atoms with Gasteiger partial charge in [0.25, 0.3) is 0 Å². The minimum absolute atomic E-state index is 0.0979. The summed E-state index contributed by atoms with van der Waals surface area (Å²) in [7, 11) is 0. The number of furan rings is 1. The molecule has 0 aliphatic rings. The van der Waals surface area contributed by atoms with Gasteiger partial charge < -0.3 is 14.5 Å². The Morgan fingerprint density at radius 2 is 2.00 bits per heavy atom. The highest BCUT2D eigenvalue weighted by Gasteiger charge is 2.06. The van der Waals surface area contributed by atoms with Gasteiger partial charge in [-0.05, 0) is 36.2 Å². The lowest BCUT2D eigenvalue weighted by molar-refractivity contribution is -0.121. The average Bonchev–Trinajstić information content (AvgIpc) is 2.97. The molecule has 4 nitrogen and oxygen atoms in total. The summed E-state index contributed by atoms with van der Waals surface area (Å²) < 4.78 is 33.3. The van der Waals surface area contributed by atoms with E-state index in [1.54, 1.807) is 30.5 Å². The van der Waals surface area contributed by atoms with Crippen molar-refractivity contribution < 1.29 is 22.7 Å². The van der Waals surface area contributed by atoms with Crippen LogP contribution in [-0.2, 0) is 17.8 Å². The maximum atomic E-state index is 12.0. The number of aryl methyl sites for hydroxylation is 1. The third-order valence-electron chi connectivity index (χ3n) is 2.83. The molecular weight excluding hydrogens is 280 g/mol. The van der Waals surface area contributed by atoms with E-state index in [4.69, 9.17) is 4.42 Å². The second kappa shape index (κ2) is 7.42. The Morgan fingerprint density at radius 3 is 2.62 bits per heavy atom. The molecular formula is C15H15F2NO3. The summed E-state index contributed by atoms with van der Waals surface area (Å²) >= 11 is 0. The molecule has 2 aromatic rings. The highest BCUT2D eigenvalue weighted by molar-refractivity contribution is 5.76. The summed E-state index contributed by atoms with van der Waals surface area (Å²) in [6, 6.07) is 9.78. The number of amides is 1. The highest BCUT2D eigenvalue weighted by atomic mass is 19.3. The number of ether oxygens (including phenoxy) is 1. The fourth-order valence-electron chi connectivity index (χ4n) is 1.78. The standard InChI is InChI=1S/C15H15F2NO3/c16-15(17)21-12-6-3-11(4-7-12)5-8-14(19)18-10-13-2-1-9-20-13/h1-4,6-7,9,15H,5,8,10H2,(H,18,19). The number of hydrogen-bond donors (Lipinski definition) is 1. The quantitative estimate of drug-likeness (QED) is 0.853. The number of alkyl halides is 2. The fourth-order valence-corrected chi connectivity index (χ4v) is 1.78. The Hall–Kier alpha value is -2.37. The van der Waals surface area contributed by atoms with Crippen LogP contribution in [0.3, 0.4) is 0 Å². The Bertz CT molecular complexity index is 553. The summed E-state index contributed by atoms with van der Waals surface area (Å²) in [5.74, 6) is 0.701. The van der Waals surface area contributed by atoms with Gasteiger partial charge >= 0.3 is 6.61 Å². The maximum absolute atomic E-state index is 12.0. The van der Waals surface area contributed by atoms with Gasteiger partial charge in [-0.25, -0.2) is 0 Å². The molecule has 1 aromatic carbocycles. The van der Waals surface area contributed by atoms with Crippen molar-refractivity contribution in [3.05, 3.63) is 54.0 Å². The van der Waals surface area contributed by atoms with Crippen LogP contribution < -0.4 is 10.1 Å². The molecule has 0 aliphatic heterocycles. The fraction of sp³-hybridized carbons (Fsp3) is 0.267. The van der Waals surface area contributed by atoms with Crippen LogP contribution in [0.15, 0.2) is 47.1 Å². The molecule has 0 spiro atoms. The van der Waals surface area contributed by atoms with Crippen LogP contribution in [0.4, 0.5) is 8.78 Å². The molecule has 0 saturated carbocycles. The predicted molar refractivity (Wildman–Crippen MR) is 71.9 cm³/mol. The minimum atomic E-state index is -2.83. The number of nitrogens with one attached hydrogen (secondary N) is 1. The van der Waals surface area contributed by atoms with Gasteiger partial charge in [0.1, 0.15) is 11.5 Å². The van der Waals surface area contributed by atoms with Crippen molar-refractivity contribution in [2.24, 2.45) is 0 Å². The normalized spacial score (nSPS) is 10.6. The first kappa shape index (κ1) is 15.0. The highest BCUT2D eigenvalue weighted by Crippen LogP contribution is 2.15. The lowest BCUT2D eigenvalue weighted by Crippen LogP contribution is -2.22. The molecule has 0 aliphatic carbocycles. The van der Waals surface area contributed by atoms with E-state index in [2.05, 4.69) is 10.1 Å². The third kappa shape index (κ3) is 5.25. The van der Waals surface area contributed by atoms with Gasteiger partial charge in [0.15, 0.2) is 0 Å². The van der Waals surface area contributed by atoms with E-state index >= 15 is 0 Å². The largest absolute Gasteiger partial charge is 0.467 e. The monoisotopic (exact) mass is 295 g/mol. The van der Waals surface area contributed by atoms with Gasteiger partial charge in [-0.2, -0.15) is 8.78 Å². The van der Waals surface area contributed by atoms with Crippen LogP contribution in [0.5, 0.6) is 5.75 Å². The van der Waals surface area contributed by atoms with Crippen molar-refractivity contribution in [3.8, 4) is 5.75 Å². The van der Waals surface area contributed by atoms with E-state index in [0.29, 0.717) is 25.1 Å². The van der Waals surface area contributed by atoms with Gasteiger partial charge in [0.05, 0.1) is 12.8 Å². The zero-order chi connectivity index (χ0) is 15.1. The first-order valence-corrected chi connectivity index (χ1v) is 6.46. The van der Waals surface area contributed by atoms with Crippen molar-refractivity contribution >= 4 is 5.91 Å².